The van der Waals surface area contributed by atoms with Crippen molar-refractivity contribution in [2.75, 3.05) is 0 Å². The van der Waals surface area contributed by atoms with Crippen molar-refractivity contribution in [3.05, 3.63) is 46.6 Å². The number of H-pyrrole nitrogens is 1. The van der Waals surface area contributed by atoms with E-state index in [1.807, 2.05) is 6.07 Å². The van der Waals surface area contributed by atoms with Gasteiger partial charge in [0.1, 0.15) is 6.07 Å². The number of pyridine rings is 1. The third kappa shape index (κ3) is 1.89. The minimum atomic E-state index is -0.279. The maximum atomic E-state index is 11.0. The molecule has 2 heterocycles. The summed E-state index contributed by atoms with van der Waals surface area (Å²) in [5.74, 6) is 0. The molecule has 0 bridgehead atoms. The van der Waals surface area contributed by atoms with Crippen LogP contribution in [0.1, 0.15) is 5.56 Å². The Balaban J connectivity index is 2.47. The van der Waals surface area contributed by atoms with Gasteiger partial charge in [0.15, 0.2) is 0 Å². The molecule has 0 saturated carbocycles. The fourth-order valence-electron chi connectivity index (χ4n) is 1.13. The second kappa shape index (κ2) is 3.72. The topological polar surface area (TPSA) is 82.4 Å². The van der Waals surface area contributed by atoms with Gasteiger partial charge in [-0.3, -0.25) is 14.8 Å². The van der Waals surface area contributed by atoms with Crippen molar-refractivity contribution >= 4 is 0 Å². The van der Waals surface area contributed by atoms with Gasteiger partial charge in [-0.1, -0.05) is 0 Å². The van der Waals surface area contributed by atoms with Crippen LogP contribution < -0.4 is 5.56 Å². The molecule has 72 valence electrons. The van der Waals surface area contributed by atoms with Crippen molar-refractivity contribution in [3.63, 3.8) is 0 Å². The van der Waals surface area contributed by atoms with Crippen molar-refractivity contribution in [2.45, 2.75) is 0 Å². The summed E-state index contributed by atoms with van der Waals surface area (Å²) in [5.41, 5.74) is 1.31. The largest absolute Gasteiger partial charge is 0.318 e. The number of nitriles is 1. The van der Waals surface area contributed by atoms with E-state index in [1.54, 1.807) is 12.1 Å². The second-order valence-electron chi connectivity index (χ2n) is 2.85. The van der Waals surface area contributed by atoms with Gasteiger partial charge in [0, 0.05) is 6.20 Å². The van der Waals surface area contributed by atoms with E-state index in [1.165, 1.54) is 18.6 Å². The van der Waals surface area contributed by atoms with E-state index in [0.717, 1.165) is 0 Å². The lowest BCUT2D eigenvalue weighted by molar-refractivity contribution is 1.12. The Morgan fingerprint density at radius 2 is 2.13 bits per heavy atom. The molecule has 5 heteroatoms. The van der Waals surface area contributed by atoms with E-state index in [0.29, 0.717) is 17.0 Å². The molecule has 5 nitrogen and oxygen atoms in total. The van der Waals surface area contributed by atoms with Crippen molar-refractivity contribution < 1.29 is 0 Å². The maximum absolute atomic E-state index is 11.0. The molecule has 0 aromatic carbocycles. The zero-order valence-corrected chi connectivity index (χ0v) is 7.64. The van der Waals surface area contributed by atoms with Gasteiger partial charge in [0.2, 0.25) is 0 Å². The van der Waals surface area contributed by atoms with Gasteiger partial charge in [-0.05, 0) is 12.1 Å². The van der Waals surface area contributed by atoms with Gasteiger partial charge in [-0.25, -0.2) is 0 Å². The highest BCUT2D eigenvalue weighted by Gasteiger charge is 2.00. The van der Waals surface area contributed by atoms with Crippen molar-refractivity contribution in [1.29, 1.82) is 5.26 Å². The lowest BCUT2D eigenvalue weighted by Crippen LogP contribution is -2.06. The molecular weight excluding hydrogens is 192 g/mol. The highest BCUT2D eigenvalue weighted by molar-refractivity contribution is 5.52. The lowest BCUT2D eigenvalue weighted by Gasteiger charge is -1.98. The molecule has 0 saturated heterocycles. The number of hydrogen-bond donors (Lipinski definition) is 1. The Morgan fingerprint density at radius 3 is 2.73 bits per heavy atom. The van der Waals surface area contributed by atoms with Crippen molar-refractivity contribution in [3.8, 4) is 17.5 Å². The summed E-state index contributed by atoms with van der Waals surface area (Å²) in [6, 6.07) is 5.26. The first-order valence-corrected chi connectivity index (χ1v) is 4.20. The predicted molar refractivity (Wildman–Crippen MR) is 52.8 cm³/mol. The molecule has 0 radical (unpaired) electrons. The fourth-order valence-corrected chi connectivity index (χ4v) is 1.13. The van der Waals surface area contributed by atoms with Crippen LogP contribution in [0.5, 0.6) is 0 Å². The monoisotopic (exact) mass is 198 g/mol. The van der Waals surface area contributed by atoms with Gasteiger partial charge in [0.25, 0.3) is 5.56 Å². The first kappa shape index (κ1) is 9.09. The molecular formula is C10H6N4O. The summed E-state index contributed by atoms with van der Waals surface area (Å²) in [5, 5.41) is 8.58. The number of rotatable bonds is 1. The zero-order valence-electron chi connectivity index (χ0n) is 7.64. The Bertz CT molecular complexity index is 565. The van der Waals surface area contributed by atoms with Crippen LogP contribution in [0.2, 0.25) is 0 Å². The molecule has 0 amide bonds. The fraction of sp³-hybridized carbons (Fsp3) is 0. The smallest absolute Gasteiger partial charge is 0.266 e. The first-order chi connectivity index (χ1) is 7.29. The molecule has 2 aromatic heterocycles. The first-order valence-electron chi connectivity index (χ1n) is 4.20. The molecule has 0 atom stereocenters. The highest BCUT2D eigenvalue weighted by Crippen LogP contribution is 2.10. The van der Waals surface area contributed by atoms with E-state index >= 15 is 0 Å². The zero-order chi connectivity index (χ0) is 10.7. The maximum Gasteiger partial charge on any atom is 0.266 e. The molecule has 15 heavy (non-hydrogen) atoms. The molecule has 0 fully saturated rings. The Labute approximate surface area is 85.1 Å². The normalized spacial score (nSPS) is 9.53. The van der Waals surface area contributed by atoms with Gasteiger partial charge in [-0.2, -0.15) is 5.26 Å². The summed E-state index contributed by atoms with van der Waals surface area (Å²) in [6.07, 6.45) is 4.14. The molecule has 2 aromatic rings. The summed E-state index contributed by atoms with van der Waals surface area (Å²) in [7, 11) is 0. The summed E-state index contributed by atoms with van der Waals surface area (Å²) >= 11 is 0. The highest BCUT2D eigenvalue weighted by atomic mass is 16.1. The Hall–Kier alpha value is -2.48. The minimum absolute atomic E-state index is 0.279. The average Bonchev–Trinajstić information content (AvgIpc) is 2.29. The number of hydrogen-bond acceptors (Lipinski definition) is 4. The molecule has 1 N–H and O–H groups in total. The van der Waals surface area contributed by atoms with Crippen LogP contribution in [0.3, 0.4) is 0 Å². The van der Waals surface area contributed by atoms with Gasteiger partial charge >= 0.3 is 0 Å². The van der Waals surface area contributed by atoms with E-state index in [4.69, 9.17) is 5.26 Å². The van der Waals surface area contributed by atoms with Gasteiger partial charge < -0.3 is 4.98 Å². The predicted octanol–water partition coefficient (Wildman–Crippen LogP) is 0.704. The lowest BCUT2D eigenvalue weighted by atomic mass is 10.2. The van der Waals surface area contributed by atoms with Crippen molar-refractivity contribution in [2.24, 2.45) is 0 Å². The molecule has 2 rings (SSSR count). The molecule has 0 aliphatic carbocycles. The van der Waals surface area contributed by atoms with Crippen LogP contribution >= 0.6 is 0 Å². The molecule has 0 spiro atoms. The third-order valence-corrected chi connectivity index (χ3v) is 1.82. The number of nitrogens with zero attached hydrogens (tertiary/aromatic N) is 3. The van der Waals surface area contributed by atoms with Crippen LogP contribution in [0.25, 0.3) is 11.4 Å². The molecule has 0 aliphatic rings. The van der Waals surface area contributed by atoms with E-state index < -0.39 is 0 Å². The Morgan fingerprint density at radius 1 is 1.27 bits per heavy atom. The van der Waals surface area contributed by atoms with E-state index in [9.17, 15) is 4.79 Å². The van der Waals surface area contributed by atoms with E-state index in [-0.39, 0.29) is 5.56 Å². The third-order valence-electron chi connectivity index (χ3n) is 1.82. The summed E-state index contributed by atoms with van der Waals surface area (Å²) in [4.78, 5) is 21.4. The Kier molecular flexibility index (Phi) is 2.25. The molecule has 0 aliphatic heterocycles. The van der Waals surface area contributed by atoms with Crippen LogP contribution in [0.4, 0.5) is 0 Å². The molecule has 0 unspecified atom stereocenters. The number of nitrogens with one attached hydrogen (secondary N) is 1. The van der Waals surface area contributed by atoms with E-state index in [2.05, 4.69) is 15.0 Å². The summed E-state index contributed by atoms with van der Waals surface area (Å²) < 4.78 is 0. The quantitative estimate of drug-likeness (QED) is 0.731. The van der Waals surface area contributed by atoms with Crippen LogP contribution in [-0.4, -0.2) is 15.0 Å². The average molecular weight is 198 g/mol. The number of aromatic nitrogens is 3. The minimum Gasteiger partial charge on any atom is -0.318 e. The number of aromatic amines is 1. The van der Waals surface area contributed by atoms with Crippen LogP contribution in [-0.2, 0) is 0 Å². The van der Waals surface area contributed by atoms with Crippen LogP contribution in [0, 0.1) is 11.3 Å². The SMILES string of the molecule is N#Cc1ccc(-c2cncc(=O)[nH]2)nc1. The van der Waals surface area contributed by atoms with Gasteiger partial charge in [0.05, 0.1) is 29.3 Å². The van der Waals surface area contributed by atoms with Gasteiger partial charge in [-0.15, -0.1) is 0 Å². The standard InChI is InChI=1S/C10H6N4O/c11-3-7-1-2-8(13-4-7)9-5-12-6-10(15)14-9/h1-2,4-6H,(H,14,15). The second-order valence-corrected chi connectivity index (χ2v) is 2.85. The van der Waals surface area contributed by atoms with Crippen molar-refractivity contribution in [1.82, 2.24) is 15.0 Å². The summed E-state index contributed by atoms with van der Waals surface area (Å²) in [6.45, 7) is 0. The van der Waals surface area contributed by atoms with Crippen LogP contribution in [0.15, 0.2) is 35.5 Å².